The second-order valence-electron chi connectivity index (χ2n) is 4.89. The van der Waals surface area contributed by atoms with Gasteiger partial charge in [0.1, 0.15) is 0 Å². The largest absolute Gasteiger partial charge is 0.324 e. The van der Waals surface area contributed by atoms with Gasteiger partial charge in [0, 0.05) is 6.04 Å². The van der Waals surface area contributed by atoms with Crippen LogP contribution in [0.25, 0.3) is 0 Å². The first-order valence-corrected chi connectivity index (χ1v) is 6.03. The first-order valence-electron chi connectivity index (χ1n) is 6.03. The lowest BCUT2D eigenvalue weighted by Crippen LogP contribution is -2.15. The van der Waals surface area contributed by atoms with Crippen molar-refractivity contribution in [2.75, 3.05) is 0 Å². The second kappa shape index (κ2) is 3.97. The predicted molar refractivity (Wildman–Crippen MR) is 64.9 cm³/mol. The summed E-state index contributed by atoms with van der Waals surface area (Å²) in [7, 11) is 0. The van der Waals surface area contributed by atoms with Crippen LogP contribution < -0.4 is 5.73 Å². The lowest BCUT2D eigenvalue weighted by molar-refractivity contribution is 0.451. The van der Waals surface area contributed by atoms with Gasteiger partial charge in [-0.1, -0.05) is 45.4 Å². The quantitative estimate of drug-likeness (QED) is 0.783. The predicted octanol–water partition coefficient (Wildman–Crippen LogP) is 3.39. The summed E-state index contributed by atoms with van der Waals surface area (Å²) in [5, 5.41) is 0. The summed E-state index contributed by atoms with van der Waals surface area (Å²) in [6.45, 7) is 6.77. The van der Waals surface area contributed by atoms with E-state index in [-0.39, 0.29) is 6.04 Å². The molecule has 0 fully saturated rings. The number of hydrogen-bond donors (Lipinski definition) is 1. The topological polar surface area (TPSA) is 26.0 Å². The summed E-state index contributed by atoms with van der Waals surface area (Å²) in [6.07, 6.45) is 2.38. The van der Waals surface area contributed by atoms with E-state index in [4.69, 9.17) is 5.73 Å². The first-order chi connectivity index (χ1) is 7.15. The van der Waals surface area contributed by atoms with E-state index >= 15 is 0 Å². The molecular formula is C14H21N. The van der Waals surface area contributed by atoms with E-state index in [1.807, 2.05) is 0 Å². The van der Waals surface area contributed by atoms with E-state index < -0.39 is 0 Å². The van der Waals surface area contributed by atoms with Crippen LogP contribution in [0, 0.1) is 5.92 Å². The Kier molecular flexibility index (Phi) is 2.83. The van der Waals surface area contributed by atoms with Gasteiger partial charge in [0.25, 0.3) is 0 Å². The minimum Gasteiger partial charge on any atom is -0.324 e. The molecule has 3 atom stereocenters. The maximum absolute atomic E-state index is 6.25. The van der Waals surface area contributed by atoms with E-state index in [1.165, 1.54) is 29.5 Å². The molecule has 0 bridgehead atoms. The van der Waals surface area contributed by atoms with Crippen LogP contribution in [0.5, 0.6) is 0 Å². The zero-order valence-corrected chi connectivity index (χ0v) is 9.96. The van der Waals surface area contributed by atoms with Crippen LogP contribution >= 0.6 is 0 Å². The van der Waals surface area contributed by atoms with Crippen LogP contribution in [0.1, 0.15) is 55.8 Å². The van der Waals surface area contributed by atoms with Crippen LogP contribution in [0.3, 0.4) is 0 Å². The molecule has 1 heteroatoms. The summed E-state index contributed by atoms with van der Waals surface area (Å²) in [5.41, 5.74) is 10.5. The fourth-order valence-corrected chi connectivity index (χ4v) is 2.65. The summed E-state index contributed by atoms with van der Waals surface area (Å²) in [4.78, 5) is 0. The highest BCUT2D eigenvalue weighted by Crippen LogP contribution is 2.43. The lowest BCUT2D eigenvalue weighted by atomic mass is 9.95. The first kappa shape index (κ1) is 10.7. The number of fused-ring (bicyclic) bond motifs is 1. The molecule has 0 amide bonds. The van der Waals surface area contributed by atoms with Gasteiger partial charge in [0.2, 0.25) is 0 Å². The molecule has 1 aliphatic carbocycles. The highest BCUT2D eigenvalue weighted by molar-refractivity contribution is 5.41. The number of aryl methyl sites for hydroxylation is 1. The van der Waals surface area contributed by atoms with Gasteiger partial charge in [-0.15, -0.1) is 0 Å². The molecule has 1 aliphatic rings. The third-order valence-electron chi connectivity index (χ3n) is 3.89. The maximum Gasteiger partial charge on any atom is 0.0329 e. The monoisotopic (exact) mass is 203 g/mol. The van der Waals surface area contributed by atoms with Crippen molar-refractivity contribution in [3.05, 3.63) is 34.9 Å². The van der Waals surface area contributed by atoms with Crippen LogP contribution in [-0.2, 0) is 6.42 Å². The number of rotatable bonds is 2. The fraction of sp³-hybridized carbons (Fsp3) is 0.571. The third-order valence-corrected chi connectivity index (χ3v) is 3.89. The molecule has 1 aromatic rings. The van der Waals surface area contributed by atoms with Crippen molar-refractivity contribution >= 4 is 0 Å². The minimum atomic E-state index is 0.242. The molecule has 0 saturated carbocycles. The Bertz CT molecular complexity index is 356. The number of hydrogen-bond acceptors (Lipinski definition) is 1. The summed E-state index contributed by atoms with van der Waals surface area (Å²) >= 11 is 0. The molecule has 0 radical (unpaired) electrons. The van der Waals surface area contributed by atoms with Crippen LogP contribution in [0.15, 0.2) is 18.2 Å². The van der Waals surface area contributed by atoms with Crippen molar-refractivity contribution in [2.24, 2.45) is 11.7 Å². The van der Waals surface area contributed by atoms with E-state index in [2.05, 4.69) is 39.0 Å². The van der Waals surface area contributed by atoms with Gasteiger partial charge in [0.05, 0.1) is 0 Å². The molecule has 1 aromatic carbocycles. The zero-order valence-electron chi connectivity index (χ0n) is 9.96. The van der Waals surface area contributed by atoms with Crippen molar-refractivity contribution in [2.45, 2.75) is 45.6 Å². The van der Waals surface area contributed by atoms with Crippen molar-refractivity contribution in [1.29, 1.82) is 0 Å². The molecule has 1 nitrogen and oxygen atoms in total. The van der Waals surface area contributed by atoms with Crippen molar-refractivity contribution in [1.82, 2.24) is 0 Å². The van der Waals surface area contributed by atoms with Crippen molar-refractivity contribution in [3.8, 4) is 0 Å². The summed E-state index contributed by atoms with van der Waals surface area (Å²) < 4.78 is 0. The molecule has 2 rings (SSSR count). The third kappa shape index (κ3) is 1.69. The number of benzene rings is 1. The molecule has 0 saturated heterocycles. The second-order valence-corrected chi connectivity index (χ2v) is 4.89. The van der Waals surface area contributed by atoms with Crippen LogP contribution in [-0.4, -0.2) is 0 Å². The highest BCUT2D eigenvalue weighted by Gasteiger charge is 2.32. The van der Waals surface area contributed by atoms with Gasteiger partial charge in [-0.3, -0.25) is 0 Å². The van der Waals surface area contributed by atoms with E-state index in [0.29, 0.717) is 11.8 Å². The molecule has 15 heavy (non-hydrogen) atoms. The molecule has 0 heterocycles. The normalized spacial score (nSPS) is 29.2. The van der Waals surface area contributed by atoms with Crippen molar-refractivity contribution in [3.63, 3.8) is 0 Å². The van der Waals surface area contributed by atoms with Gasteiger partial charge < -0.3 is 5.73 Å². The Labute approximate surface area is 92.7 Å². The van der Waals surface area contributed by atoms with Crippen LogP contribution in [0.2, 0.25) is 0 Å². The summed E-state index contributed by atoms with van der Waals surface area (Å²) in [6, 6.07) is 7.12. The Morgan fingerprint density at radius 2 is 1.93 bits per heavy atom. The molecular weight excluding hydrogens is 182 g/mol. The van der Waals surface area contributed by atoms with Crippen LogP contribution in [0.4, 0.5) is 0 Å². The standard InChI is InChI=1S/C14H21N/c1-4-5-11-6-7-12-9(2)10(3)14(15)13(12)8-11/h6-10,14H,4-5,15H2,1-3H3. The van der Waals surface area contributed by atoms with Gasteiger partial charge in [-0.2, -0.15) is 0 Å². The Morgan fingerprint density at radius 1 is 1.20 bits per heavy atom. The van der Waals surface area contributed by atoms with Gasteiger partial charge in [-0.25, -0.2) is 0 Å². The Hall–Kier alpha value is -0.820. The Morgan fingerprint density at radius 3 is 2.60 bits per heavy atom. The van der Waals surface area contributed by atoms with Crippen molar-refractivity contribution < 1.29 is 0 Å². The van der Waals surface area contributed by atoms with E-state index in [0.717, 1.165) is 0 Å². The molecule has 82 valence electrons. The number of nitrogens with two attached hydrogens (primary N) is 1. The SMILES string of the molecule is CCCc1ccc2c(c1)C(N)C(C)C2C. The van der Waals surface area contributed by atoms with E-state index in [9.17, 15) is 0 Å². The molecule has 3 unspecified atom stereocenters. The highest BCUT2D eigenvalue weighted by atomic mass is 14.7. The molecule has 0 spiro atoms. The summed E-state index contributed by atoms with van der Waals surface area (Å²) in [5.74, 6) is 1.20. The molecule has 0 aliphatic heterocycles. The average molecular weight is 203 g/mol. The molecule has 2 N–H and O–H groups in total. The minimum absolute atomic E-state index is 0.242. The lowest BCUT2D eigenvalue weighted by Gasteiger charge is -2.13. The van der Waals surface area contributed by atoms with Gasteiger partial charge in [0.15, 0.2) is 0 Å². The van der Waals surface area contributed by atoms with E-state index in [1.54, 1.807) is 0 Å². The Balaban J connectivity index is 2.38. The smallest absolute Gasteiger partial charge is 0.0329 e. The van der Waals surface area contributed by atoms with Gasteiger partial charge in [-0.05, 0) is 34.9 Å². The maximum atomic E-state index is 6.25. The van der Waals surface area contributed by atoms with Gasteiger partial charge >= 0.3 is 0 Å². The average Bonchev–Trinajstić information content (AvgIpc) is 2.45. The molecule has 0 aromatic heterocycles. The zero-order chi connectivity index (χ0) is 11.0. The fourth-order valence-electron chi connectivity index (χ4n) is 2.65.